The molecule has 1 aromatic carbocycles. The van der Waals surface area contributed by atoms with Gasteiger partial charge in [0, 0.05) is 10.5 Å². The summed E-state index contributed by atoms with van der Waals surface area (Å²) in [6, 6.07) is 5.75. The molecule has 2 unspecified atom stereocenters. The third-order valence-electron chi connectivity index (χ3n) is 3.68. The van der Waals surface area contributed by atoms with Gasteiger partial charge < -0.3 is 0 Å². The van der Waals surface area contributed by atoms with E-state index in [-0.39, 0.29) is 11.3 Å². The van der Waals surface area contributed by atoms with Crippen LogP contribution < -0.4 is 0 Å². The molecule has 0 amide bonds. The smallest absolute Gasteiger partial charge is 0.284 e. The predicted molar refractivity (Wildman–Crippen MR) is 77.6 cm³/mol. The minimum atomic E-state index is -1.72. The summed E-state index contributed by atoms with van der Waals surface area (Å²) in [5.74, 6) is -3.85. The number of carbonyl (C=O) groups excluding carboxylic acids is 2. The monoisotopic (exact) mass is 344 g/mol. The Morgan fingerprint density at radius 2 is 1.68 bits per heavy atom. The van der Waals surface area contributed by atoms with Gasteiger partial charge in [-0.1, -0.05) is 35.5 Å². The molecule has 1 heterocycles. The van der Waals surface area contributed by atoms with Crippen LogP contribution in [0.2, 0.25) is 0 Å². The Morgan fingerprint density at radius 3 is 2.28 bits per heavy atom. The van der Waals surface area contributed by atoms with Gasteiger partial charge in [-0.05, 0) is 5.16 Å². The molecule has 0 bridgehead atoms. The number of nitro groups is 2. The van der Waals surface area contributed by atoms with Gasteiger partial charge in [0.25, 0.3) is 11.7 Å². The first-order valence-corrected chi connectivity index (χ1v) is 6.87. The lowest BCUT2D eigenvalue weighted by Crippen LogP contribution is -2.31. The lowest BCUT2D eigenvalue weighted by Gasteiger charge is -2.16. The summed E-state index contributed by atoms with van der Waals surface area (Å²) in [6.45, 7) is 0. The van der Waals surface area contributed by atoms with E-state index in [9.17, 15) is 29.8 Å². The second kappa shape index (κ2) is 6.03. The molecule has 11 heteroatoms. The van der Waals surface area contributed by atoms with Crippen LogP contribution in [0.4, 0.5) is 0 Å². The fourth-order valence-corrected chi connectivity index (χ4v) is 2.53. The normalized spacial score (nSPS) is 18.8. The Bertz CT molecular complexity index is 918. The molecule has 25 heavy (non-hydrogen) atoms. The molecule has 0 radical (unpaired) electrons. The van der Waals surface area contributed by atoms with E-state index in [0.29, 0.717) is 6.08 Å². The van der Waals surface area contributed by atoms with Crippen LogP contribution in [0.25, 0.3) is 0 Å². The zero-order valence-corrected chi connectivity index (χ0v) is 12.3. The highest BCUT2D eigenvalue weighted by Crippen LogP contribution is 2.38. The van der Waals surface area contributed by atoms with E-state index in [1.165, 1.54) is 24.3 Å². The second-order valence-corrected chi connectivity index (χ2v) is 5.11. The predicted octanol–water partition coefficient (Wildman–Crippen LogP) is 1.10. The van der Waals surface area contributed by atoms with Crippen LogP contribution in [0.1, 0.15) is 33.7 Å². The minimum absolute atomic E-state index is 0.0320. The molecule has 2 aromatic rings. The van der Waals surface area contributed by atoms with Gasteiger partial charge in [-0.2, -0.15) is 0 Å². The molecule has 0 aliphatic heterocycles. The number of rotatable bonds is 5. The third-order valence-corrected chi connectivity index (χ3v) is 3.68. The van der Waals surface area contributed by atoms with E-state index in [0.717, 1.165) is 0 Å². The van der Waals surface area contributed by atoms with Crippen molar-refractivity contribution in [3.8, 4) is 0 Å². The van der Waals surface area contributed by atoms with Gasteiger partial charge >= 0.3 is 0 Å². The van der Waals surface area contributed by atoms with Crippen LogP contribution in [-0.4, -0.2) is 31.7 Å². The lowest BCUT2D eigenvalue weighted by atomic mass is 9.84. The van der Waals surface area contributed by atoms with Gasteiger partial charge in [-0.25, -0.2) is 4.63 Å². The summed E-state index contributed by atoms with van der Waals surface area (Å²) in [5.41, 5.74) is -1.51. The Balaban J connectivity index is 2.09. The number of carbonyl (C=O) groups is 2. The maximum Gasteiger partial charge on any atom is 0.284 e. The average molecular weight is 344 g/mol. The average Bonchev–Trinajstić information content (AvgIpc) is 3.08. The third kappa shape index (κ3) is 2.67. The van der Waals surface area contributed by atoms with Gasteiger partial charge in [0.1, 0.15) is 5.69 Å². The second-order valence-electron chi connectivity index (χ2n) is 5.11. The number of hydrogen-bond donors (Lipinski definition) is 0. The molecule has 11 nitrogen and oxygen atoms in total. The van der Waals surface area contributed by atoms with Gasteiger partial charge in [-0.3, -0.25) is 29.8 Å². The summed E-state index contributed by atoms with van der Waals surface area (Å²) in [6.07, 6.45) is 0.674. The molecular formula is C14H8N4O7. The van der Waals surface area contributed by atoms with E-state index < -0.39 is 44.8 Å². The van der Waals surface area contributed by atoms with Crippen molar-refractivity contribution in [2.75, 3.05) is 0 Å². The summed E-state index contributed by atoms with van der Waals surface area (Å²) in [4.78, 5) is 45.5. The van der Waals surface area contributed by atoms with Gasteiger partial charge in [-0.15, -0.1) is 0 Å². The van der Waals surface area contributed by atoms with Crippen molar-refractivity contribution in [3.05, 3.63) is 79.3 Å². The lowest BCUT2D eigenvalue weighted by molar-refractivity contribution is -0.520. The number of aromatic nitrogens is 2. The highest BCUT2D eigenvalue weighted by atomic mass is 16.6. The molecule has 0 N–H and O–H groups in total. The first-order valence-electron chi connectivity index (χ1n) is 6.87. The zero-order valence-electron chi connectivity index (χ0n) is 12.3. The van der Waals surface area contributed by atoms with Crippen molar-refractivity contribution < 1.29 is 24.1 Å². The molecule has 0 saturated heterocycles. The van der Waals surface area contributed by atoms with Crippen molar-refractivity contribution in [2.45, 2.75) is 12.0 Å². The molecule has 126 valence electrons. The molecule has 1 aliphatic rings. The van der Waals surface area contributed by atoms with E-state index in [2.05, 4.69) is 14.9 Å². The van der Waals surface area contributed by atoms with E-state index >= 15 is 0 Å². The summed E-state index contributed by atoms with van der Waals surface area (Å²) < 4.78 is 4.42. The van der Waals surface area contributed by atoms with Gasteiger partial charge in [0.2, 0.25) is 11.6 Å². The van der Waals surface area contributed by atoms with E-state index in [1.54, 1.807) is 6.07 Å². The quantitative estimate of drug-likeness (QED) is 0.335. The summed E-state index contributed by atoms with van der Waals surface area (Å²) in [5, 5.41) is 29.1. The van der Waals surface area contributed by atoms with Crippen LogP contribution >= 0.6 is 0 Å². The topological polar surface area (TPSA) is 159 Å². The van der Waals surface area contributed by atoms with Crippen molar-refractivity contribution in [2.24, 2.45) is 0 Å². The first kappa shape index (κ1) is 16.1. The number of allylic oxidation sites excluding steroid dienone is 1. The van der Waals surface area contributed by atoms with Crippen LogP contribution in [0.5, 0.6) is 0 Å². The van der Waals surface area contributed by atoms with Crippen molar-refractivity contribution in [1.29, 1.82) is 0 Å². The fourth-order valence-electron chi connectivity index (χ4n) is 2.53. The number of benzene rings is 1. The summed E-state index contributed by atoms with van der Waals surface area (Å²) >= 11 is 0. The highest BCUT2D eigenvalue weighted by Gasteiger charge is 2.49. The summed E-state index contributed by atoms with van der Waals surface area (Å²) in [7, 11) is 0. The number of ketones is 2. The standard InChI is InChI=1S/C14H8N4O7/c19-13(7-4-2-1-3-5-7)14(20)10-8(17(21)22)6-9(18(23)24)11-12(10)16-25-15-11/h1-6,9-10H. The molecule has 0 spiro atoms. The SMILES string of the molecule is O=C(C(=O)C1C([N+](=O)[O-])=CC([N+](=O)[O-])c2nonc21)c1ccccc1. The molecule has 3 rings (SSSR count). The van der Waals surface area contributed by atoms with Crippen LogP contribution in [0, 0.1) is 20.2 Å². The molecule has 0 fully saturated rings. The number of hydrogen-bond acceptors (Lipinski definition) is 9. The van der Waals surface area contributed by atoms with Crippen molar-refractivity contribution in [3.63, 3.8) is 0 Å². The van der Waals surface area contributed by atoms with Crippen LogP contribution in [0.3, 0.4) is 0 Å². The van der Waals surface area contributed by atoms with E-state index in [1.807, 2.05) is 0 Å². The fraction of sp³-hybridized carbons (Fsp3) is 0.143. The Morgan fingerprint density at radius 1 is 1.04 bits per heavy atom. The largest absolute Gasteiger partial charge is 0.289 e. The van der Waals surface area contributed by atoms with Crippen molar-refractivity contribution >= 4 is 11.6 Å². The maximum absolute atomic E-state index is 12.6. The molecule has 1 aromatic heterocycles. The van der Waals surface area contributed by atoms with Crippen molar-refractivity contribution in [1.82, 2.24) is 10.3 Å². The minimum Gasteiger partial charge on any atom is -0.289 e. The molecular weight excluding hydrogens is 336 g/mol. The van der Waals surface area contributed by atoms with Gasteiger partial charge in [0.15, 0.2) is 11.6 Å². The Hall–Kier alpha value is -3.76. The zero-order chi connectivity index (χ0) is 18.1. The number of nitrogens with zero attached hydrogens (tertiary/aromatic N) is 4. The highest BCUT2D eigenvalue weighted by molar-refractivity contribution is 6.45. The molecule has 0 saturated carbocycles. The first-order chi connectivity index (χ1) is 11.9. The molecule has 2 atom stereocenters. The Kier molecular flexibility index (Phi) is 3.89. The number of fused-ring (bicyclic) bond motifs is 1. The van der Waals surface area contributed by atoms with Gasteiger partial charge in [0.05, 0.1) is 11.0 Å². The van der Waals surface area contributed by atoms with Crippen LogP contribution in [-0.2, 0) is 4.79 Å². The molecule has 1 aliphatic carbocycles. The van der Waals surface area contributed by atoms with E-state index in [4.69, 9.17) is 0 Å². The maximum atomic E-state index is 12.6. The van der Waals surface area contributed by atoms with Crippen LogP contribution in [0.15, 0.2) is 46.7 Å². The number of Topliss-reactive ketones (excluding diaryl/α,β-unsaturated/α-hetero) is 2. The Labute approximate surface area is 138 Å².